The number of rotatable bonds is 4. The molecule has 1 aromatic carbocycles. The van der Waals surface area contributed by atoms with Gasteiger partial charge in [-0.2, -0.15) is 10.5 Å². The minimum absolute atomic E-state index is 0.0113. The molecule has 0 radical (unpaired) electrons. The number of H-pyrrole nitrogens is 1. The molecule has 0 aliphatic rings. The van der Waals surface area contributed by atoms with Gasteiger partial charge in [0.25, 0.3) is 5.56 Å². The van der Waals surface area contributed by atoms with E-state index in [1.165, 1.54) is 12.1 Å². The summed E-state index contributed by atoms with van der Waals surface area (Å²) in [7, 11) is 0. The Morgan fingerprint density at radius 1 is 1.26 bits per heavy atom. The van der Waals surface area contributed by atoms with E-state index in [1.807, 2.05) is 6.07 Å². The van der Waals surface area contributed by atoms with Gasteiger partial charge in [0.15, 0.2) is 6.61 Å². The highest BCUT2D eigenvalue weighted by atomic mass is 16.5. The summed E-state index contributed by atoms with van der Waals surface area (Å²) in [6, 6.07) is 9.74. The molecule has 0 amide bonds. The number of ether oxygens (including phenoxy) is 1. The molecule has 1 aromatic heterocycles. The second kappa shape index (κ2) is 6.33. The van der Waals surface area contributed by atoms with Crippen molar-refractivity contribution in [1.29, 1.82) is 10.5 Å². The molecule has 2 rings (SSSR count). The predicted octanol–water partition coefficient (Wildman–Crippen LogP) is 0.831. The van der Waals surface area contributed by atoms with Crippen molar-refractivity contribution in [3.63, 3.8) is 0 Å². The third-order valence-corrected chi connectivity index (χ3v) is 2.98. The Labute approximate surface area is 130 Å². The topological polar surface area (TPSA) is 153 Å². The molecule has 8 nitrogen and oxygen atoms in total. The summed E-state index contributed by atoms with van der Waals surface area (Å²) in [5.41, 5.74) is 4.75. The van der Waals surface area contributed by atoms with E-state index in [0.29, 0.717) is 0 Å². The van der Waals surface area contributed by atoms with Crippen molar-refractivity contribution in [3.05, 3.63) is 45.7 Å². The molecule has 0 bridgehead atoms. The number of benzene rings is 1. The average Bonchev–Trinajstić information content (AvgIpc) is 2.52. The van der Waals surface area contributed by atoms with Crippen LogP contribution >= 0.6 is 0 Å². The van der Waals surface area contributed by atoms with Crippen LogP contribution in [-0.4, -0.2) is 22.7 Å². The average molecular weight is 310 g/mol. The summed E-state index contributed by atoms with van der Waals surface area (Å²) in [5.74, 6) is -1.25. The summed E-state index contributed by atoms with van der Waals surface area (Å²) in [4.78, 5) is 24.8. The first-order valence-electron chi connectivity index (χ1n) is 6.29. The van der Waals surface area contributed by atoms with Gasteiger partial charge in [-0.3, -0.25) is 4.79 Å². The molecule has 23 heavy (non-hydrogen) atoms. The number of carboxylic acid groups (broad SMARTS) is 1. The van der Waals surface area contributed by atoms with Crippen LogP contribution in [0.25, 0.3) is 11.1 Å². The van der Waals surface area contributed by atoms with Crippen molar-refractivity contribution in [3.8, 4) is 29.0 Å². The van der Waals surface area contributed by atoms with Crippen LogP contribution in [0.15, 0.2) is 29.1 Å². The Morgan fingerprint density at radius 3 is 2.52 bits per heavy atom. The molecule has 0 saturated carbocycles. The lowest BCUT2D eigenvalue weighted by Crippen LogP contribution is -2.17. The van der Waals surface area contributed by atoms with E-state index in [9.17, 15) is 20.1 Å². The minimum Gasteiger partial charge on any atom is -0.481 e. The number of carboxylic acids is 1. The number of nitrogens with one attached hydrogen (secondary N) is 1. The second-order valence-electron chi connectivity index (χ2n) is 4.39. The van der Waals surface area contributed by atoms with Gasteiger partial charge < -0.3 is 20.6 Å². The maximum Gasteiger partial charge on any atom is 0.341 e. The van der Waals surface area contributed by atoms with Crippen LogP contribution in [0.5, 0.6) is 5.75 Å². The first-order valence-corrected chi connectivity index (χ1v) is 6.29. The number of aliphatic carboxylic acids is 1. The van der Waals surface area contributed by atoms with Crippen molar-refractivity contribution < 1.29 is 14.6 Å². The lowest BCUT2D eigenvalue weighted by atomic mass is 9.96. The van der Waals surface area contributed by atoms with Crippen LogP contribution in [0.3, 0.4) is 0 Å². The lowest BCUT2D eigenvalue weighted by Gasteiger charge is -2.13. The van der Waals surface area contributed by atoms with E-state index in [1.54, 1.807) is 18.2 Å². The number of carbonyl (C=O) groups is 1. The van der Waals surface area contributed by atoms with Crippen molar-refractivity contribution in [1.82, 2.24) is 4.98 Å². The number of pyridine rings is 1. The van der Waals surface area contributed by atoms with Gasteiger partial charge in [-0.25, -0.2) is 4.79 Å². The van der Waals surface area contributed by atoms with Gasteiger partial charge in [0.05, 0.1) is 0 Å². The number of para-hydroxylation sites is 1. The normalized spacial score (nSPS) is 9.65. The number of hydrogen-bond acceptors (Lipinski definition) is 6. The van der Waals surface area contributed by atoms with Crippen LogP contribution in [0.1, 0.15) is 11.1 Å². The molecule has 2 aromatic rings. The van der Waals surface area contributed by atoms with Crippen LogP contribution in [0.2, 0.25) is 0 Å². The van der Waals surface area contributed by atoms with Crippen molar-refractivity contribution in [2.24, 2.45) is 0 Å². The molecular weight excluding hydrogens is 300 g/mol. The van der Waals surface area contributed by atoms with Crippen molar-refractivity contribution in [2.45, 2.75) is 0 Å². The fourth-order valence-electron chi connectivity index (χ4n) is 2.05. The molecule has 0 fully saturated rings. The molecule has 4 N–H and O–H groups in total. The van der Waals surface area contributed by atoms with Crippen molar-refractivity contribution >= 4 is 11.8 Å². The number of aromatic nitrogens is 1. The van der Waals surface area contributed by atoms with Crippen LogP contribution in [0.4, 0.5) is 5.82 Å². The largest absolute Gasteiger partial charge is 0.481 e. The van der Waals surface area contributed by atoms with Gasteiger partial charge in [-0.1, -0.05) is 18.2 Å². The third kappa shape index (κ3) is 2.96. The lowest BCUT2D eigenvalue weighted by molar-refractivity contribution is -0.139. The number of aromatic amines is 1. The van der Waals surface area contributed by atoms with E-state index in [-0.39, 0.29) is 33.8 Å². The first kappa shape index (κ1) is 15.6. The zero-order valence-electron chi connectivity index (χ0n) is 11.7. The van der Waals surface area contributed by atoms with Crippen LogP contribution in [-0.2, 0) is 4.79 Å². The Balaban J connectivity index is 2.78. The minimum atomic E-state index is -1.19. The monoisotopic (exact) mass is 310 g/mol. The molecule has 0 spiro atoms. The Morgan fingerprint density at radius 2 is 1.91 bits per heavy atom. The number of nitrogens with zero attached hydrogens (tertiary/aromatic N) is 2. The van der Waals surface area contributed by atoms with Gasteiger partial charge >= 0.3 is 5.97 Å². The van der Waals surface area contributed by atoms with Crippen LogP contribution in [0, 0.1) is 22.7 Å². The maximum atomic E-state index is 11.9. The molecular formula is C15H10N4O4. The fourth-order valence-corrected chi connectivity index (χ4v) is 2.05. The zero-order chi connectivity index (χ0) is 17.0. The smallest absolute Gasteiger partial charge is 0.341 e. The summed E-state index contributed by atoms with van der Waals surface area (Å²) < 4.78 is 5.16. The van der Waals surface area contributed by atoms with E-state index < -0.39 is 18.1 Å². The van der Waals surface area contributed by atoms with Crippen molar-refractivity contribution in [2.75, 3.05) is 12.3 Å². The summed E-state index contributed by atoms with van der Waals surface area (Å²) in [6.07, 6.45) is 0. The highest BCUT2D eigenvalue weighted by Crippen LogP contribution is 2.34. The standard InChI is InChI=1S/C15H10N4O4/c16-5-9-13(10(6-17)15(22)19-14(9)18)8-3-1-2-4-11(8)23-7-12(20)21/h1-4H,7H2,(H,20,21)(H3,18,19,22). The highest BCUT2D eigenvalue weighted by molar-refractivity contribution is 5.83. The van der Waals surface area contributed by atoms with E-state index in [2.05, 4.69) is 4.98 Å². The highest BCUT2D eigenvalue weighted by Gasteiger charge is 2.21. The zero-order valence-corrected chi connectivity index (χ0v) is 11.7. The quantitative estimate of drug-likeness (QED) is 0.755. The van der Waals surface area contributed by atoms with E-state index in [4.69, 9.17) is 15.6 Å². The molecule has 1 heterocycles. The Kier molecular flexibility index (Phi) is 4.29. The molecule has 0 atom stereocenters. The molecule has 0 aliphatic carbocycles. The number of nitriles is 2. The van der Waals surface area contributed by atoms with Gasteiger partial charge in [0.2, 0.25) is 0 Å². The number of hydrogen-bond donors (Lipinski definition) is 3. The number of nitrogens with two attached hydrogens (primary N) is 1. The number of nitrogen functional groups attached to an aromatic ring is 1. The third-order valence-electron chi connectivity index (χ3n) is 2.98. The molecule has 0 aliphatic heterocycles. The second-order valence-corrected chi connectivity index (χ2v) is 4.39. The van der Waals surface area contributed by atoms with Crippen LogP contribution < -0.4 is 16.0 Å². The SMILES string of the molecule is N#Cc1c(N)[nH]c(=O)c(C#N)c1-c1ccccc1OCC(=O)O. The first-order chi connectivity index (χ1) is 11.0. The molecule has 0 saturated heterocycles. The van der Waals surface area contributed by atoms with E-state index in [0.717, 1.165) is 0 Å². The summed E-state index contributed by atoms with van der Waals surface area (Å²) in [5, 5.41) is 27.2. The van der Waals surface area contributed by atoms with Gasteiger partial charge in [0.1, 0.15) is 34.8 Å². The van der Waals surface area contributed by atoms with Gasteiger partial charge in [-0.15, -0.1) is 0 Å². The predicted molar refractivity (Wildman–Crippen MR) is 79.5 cm³/mol. The fraction of sp³-hybridized carbons (Fsp3) is 0.0667. The maximum absolute atomic E-state index is 11.9. The Hall–Kier alpha value is -3.78. The Bertz CT molecular complexity index is 919. The van der Waals surface area contributed by atoms with Gasteiger partial charge in [-0.05, 0) is 6.07 Å². The summed E-state index contributed by atoms with van der Waals surface area (Å²) >= 11 is 0. The summed E-state index contributed by atoms with van der Waals surface area (Å²) in [6.45, 7) is -0.612. The van der Waals surface area contributed by atoms with E-state index >= 15 is 0 Å². The molecule has 8 heteroatoms. The van der Waals surface area contributed by atoms with Gasteiger partial charge in [0, 0.05) is 11.1 Å². The molecule has 114 valence electrons. The molecule has 0 unspecified atom stereocenters. The number of anilines is 1.